The highest BCUT2D eigenvalue weighted by Crippen LogP contribution is 2.38. The lowest BCUT2D eigenvalue weighted by Gasteiger charge is -2.41. The van der Waals surface area contributed by atoms with E-state index in [1.54, 1.807) is 0 Å². The van der Waals surface area contributed by atoms with E-state index in [-0.39, 0.29) is 17.7 Å². The molecule has 1 aliphatic carbocycles. The molecular formula is C27H33NO5. The molecule has 1 heterocycles. The Balaban J connectivity index is 0.000000331. The molecule has 6 nitrogen and oxygen atoms in total. The Morgan fingerprint density at radius 2 is 1.42 bits per heavy atom. The summed E-state index contributed by atoms with van der Waals surface area (Å²) >= 11 is 0. The molecular weight excluding hydrogens is 418 g/mol. The van der Waals surface area contributed by atoms with Crippen LogP contribution >= 0.6 is 0 Å². The highest BCUT2D eigenvalue weighted by Gasteiger charge is 2.35. The zero-order valence-corrected chi connectivity index (χ0v) is 19.5. The first kappa shape index (κ1) is 24.7. The Hall–Kier alpha value is -2.96. The van der Waals surface area contributed by atoms with Crippen LogP contribution in [0.2, 0.25) is 0 Å². The van der Waals surface area contributed by atoms with Crippen LogP contribution in [-0.2, 0) is 27.2 Å². The normalized spacial score (nSPS) is 21.8. The molecule has 176 valence electrons. The van der Waals surface area contributed by atoms with Gasteiger partial charge in [0.15, 0.2) is 0 Å². The molecule has 2 aromatic carbocycles. The van der Waals surface area contributed by atoms with E-state index in [0.29, 0.717) is 18.2 Å². The molecule has 2 atom stereocenters. The first-order valence-corrected chi connectivity index (χ1v) is 11.4. The van der Waals surface area contributed by atoms with Gasteiger partial charge in [-0.15, -0.1) is 0 Å². The van der Waals surface area contributed by atoms with Gasteiger partial charge in [0.2, 0.25) is 0 Å². The van der Waals surface area contributed by atoms with Crippen molar-refractivity contribution in [3.05, 3.63) is 82.9 Å². The van der Waals surface area contributed by atoms with Crippen LogP contribution in [0.15, 0.2) is 60.7 Å². The van der Waals surface area contributed by atoms with Gasteiger partial charge in [-0.05, 0) is 68.7 Å². The van der Waals surface area contributed by atoms with Crippen molar-refractivity contribution >= 4 is 11.9 Å². The Morgan fingerprint density at radius 1 is 0.939 bits per heavy atom. The SMILES string of the molecule is CC1CC(OC2c3ccccc3CCc3ccccc32)CC(C)(C)N1.O=C(O)/C=C\C(=O)O. The molecule has 0 radical (unpaired) electrons. The summed E-state index contributed by atoms with van der Waals surface area (Å²) in [5.74, 6) is -2.51. The maximum atomic E-state index is 9.55. The fraction of sp³-hybridized carbons (Fsp3) is 0.407. The van der Waals surface area contributed by atoms with Crippen molar-refractivity contribution in [2.24, 2.45) is 0 Å². The number of carboxylic acids is 2. The predicted octanol–water partition coefficient (Wildman–Crippen LogP) is 4.52. The van der Waals surface area contributed by atoms with Crippen LogP contribution < -0.4 is 5.32 Å². The molecule has 0 saturated carbocycles. The van der Waals surface area contributed by atoms with E-state index in [1.165, 1.54) is 22.3 Å². The zero-order valence-electron chi connectivity index (χ0n) is 19.5. The maximum absolute atomic E-state index is 9.55. The number of carbonyl (C=O) groups is 2. The number of fused-ring (bicyclic) bond motifs is 2. The summed E-state index contributed by atoms with van der Waals surface area (Å²) in [5, 5.41) is 19.3. The van der Waals surface area contributed by atoms with Crippen LogP contribution in [0.1, 0.15) is 62.0 Å². The summed E-state index contributed by atoms with van der Waals surface area (Å²) in [6.45, 7) is 6.84. The Kier molecular flexibility index (Phi) is 8.06. The van der Waals surface area contributed by atoms with E-state index in [4.69, 9.17) is 14.9 Å². The number of nitrogens with one attached hydrogen (secondary N) is 1. The van der Waals surface area contributed by atoms with Gasteiger partial charge in [0.25, 0.3) is 0 Å². The molecule has 2 aliphatic rings. The van der Waals surface area contributed by atoms with Gasteiger partial charge in [-0.1, -0.05) is 48.5 Å². The molecule has 1 aliphatic heterocycles. The predicted molar refractivity (Wildman–Crippen MR) is 127 cm³/mol. The van der Waals surface area contributed by atoms with Gasteiger partial charge < -0.3 is 20.3 Å². The molecule has 4 rings (SSSR count). The standard InChI is InChI=1S/C23H29NO.C4H4O4/c1-16-14-19(15-23(2,3)24-16)25-22-20-10-6-4-8-17(20)12-13-18-9-5-7-11-21(18)22;5-3(6)1-2-4(7)8/h4-11,16,19,22,24H,12-15H2,1-3H3;1-2H,(H,5,6)(H,7,8)/b;2-1-. The lowest BCUT2D eigenvalue weighted by molar-refractivity contribution is -0.134. The fourth-order valence-corrected chi connectivity index (χ4v) is 4.89. The van der Waals surface area contributed by atoms with E-state index in [1.807, 2.05) is 0 Å². The van der Waals surface area contributed by atoms with Crippen LogP contribution in [0.4, 0.5) is 0 Å². The molecule has 2 aromatic rings. The average molecular weight is 452 g/mol. The van der Waals surface area contributed by atoms with Crippen molar-refractivity contribution in [1.29, 1.82) is 0 Å². The molecule has 0 spiro atoms. The Bertz CT molecular complexity index is 950. The second-order valence-electron chi connectivity index (χ2n) is 9.41. The number of aryl methyl sites for hydroxylation is 2. The third-order valence-electron chi connectivity index (χ3n) is 6.03. The zero-order chi connectivity index (χ0) is 24.0. The number of hydrogen-bond acceptors (Lipinski definition) is 4. The minimum absolute atomic E-state index is 0.0565. The fourth-order valence-electron chi connectivity index (χ4n) is 4.89. The third-order valence-corrected chi connectivity index (χ3v) is 6.03. The van der Waals surface area contributed by atoms with Crippen molar-refractivity contribution in [3.63, 3.8) is 0 Å². The number of aliphatic carboxylic acids is 2. The number of benzene rings is 2. The number of piperidine rings is 1. The van der Waals surface area contributed by atoms with Crippen LogP contribution in [-0.4, -0.2) is 39.8 Å². The Morgan fingerprint density at radius 3 is 1.88 bits per heavy atom. The molecule has 0 amide bonds. The van der Waals surface area contributed by atoms with Crippen LogP contribution in [0.25, 0.3) is 0 Å². The topological polar surface area (TPSA) is 95.9 Å². The minimum atomic E-state index is -1.26. The lowest BCUT2D eigenvalue weighted by atomic mass is 9.87. The summed E-state index contributed by atoms with van der Waals surface area (Å²) < 4.78 is 6.83. The van der Waals surface area contributed by atoms with E-state index in [0.717, 1.165) is 25.7 Å². The van der Waals surface area contributed by atoms with Gasteiger partial charge in [0, 0.05) is 23.7 Å². The van der Waals surface area contributed by atoms with Gasteiger partial charge in [-0.3, -0.25) is 0 Å². The lowest BCUT2D eigenvalue weighted by Crippen LogP contribution is -2.53. The Labute approximate surface area is 195 Å². The molecule has 33 heavy (non-hydrogen) atoms. The molecule has 0 bridgehead atoms. The molecule has 6 heteroatoms. The van der Waals surface area contributed by atoms with Crippen LogP contribution in [0.3, 0.4) is 0 Å². The summed E-state index contributed by atoms with van der Waals surface area (Å²) in [6.07, 6.45) is 5.78. The second kappa shape index (κ2) is 10.8. The van der Waals surface area contributed by atoms with Crippen LogP contribution in [0, 0.1) is 0 Å². The van der Waals surface area contributed by atoms with Crippen molar-refractivity contribution in [1.82, 2.24) is 5.32 Å². The largest absolute Gasteiger partial charge is 0.478 e. The van der Waals surface area contributed by atoms with E-state index < -0.39 is 11.9 Å². The molecule has 1 saturated heterocycles. The van der Waals surface area contributed by atoms with Crippen molar-refractivity contribution in [3.8, 4) is 0 Å². The van der Waals surface area contributed by atoms with Gasteiger partial charge in [-0.25, -0.2) is 9.59 Å². The first-order valence-electron chi connectivity index (χ1n) is 11.4. The molecule has 1 fully saturated rings. The second-order valence-corrected chi connectivity index (χ2v) is 9.41. The highest BCUT2D eigenvalue weighted by molar-refractivity contribution is 5.89. The quantitative estimate of drug-likeness (QED) is 0.592. The summed E-state index contributed by atoms with van der Waals surface area (Å²) in [6, 6.07) is 18.2. The first-order chi connectivity index (χ1) is 15.6. The minimum Gasteiger partial charge on any atom is -0.478 e. The number of hydrogen-bond donors (Lipinski definition) is 3. The number of carboxylic acid groups (broad SMARTS) is 2. The molecule has 3 N–H and O–H groups in total. The highest BCUT2D eigenvalue weighted by atomic mass is 16.5. The van der Waals surface area contributed by atoms with Crippen molar-refractivity contribution in [2.45, 2.75) is 70.2 Å². The summed E-state index contributed by atoms with van der Waals surface area (Å²) in [4.78, 5) is 19.1. The summed E-state index contributed by atoms with van der Waals surface area (Å²) in [7, 11) is 0. The van der Waals surface area contributed by atoms with Crippen molar-refractivity contribution < 1.29 is 24.5 Å². The van der Waals surface area contributed by atoms with Crippen molar-refractivity contribution in [2.75, 3.05) is 0 Å². The van der Waals surface area contributed by atoms with E-state index in [2.05, 4.69) is 74.6 Å². The monoisotopic (exact) mass is 451 g/mol. The smallest absolute Gasteiger partial charge is 0.328 e. The van der Waals surface area contributed by atoms with Crippen LogP contribution in [0.5, 0.6) is 0 Å². The summed E-state index contributed by atoms with van der Waals surface area (Å²) in [5.41, 5.74) is 5.72. The van der Waals surface area contributed by atoms with Gasteiger partial charge >= 0.3 is 11.9 Å². The van der Waals surface area contributed by atoms with E-state index >= 15 is 0 Å². The molecule has 0 aromatic heterocycles. The average Bonchev–Trinajstić information content (AvgIpc) is 2.89. The van der Waals surface area contributed by atoms with E-state index in [9.17, 15) is 9.59 Å². The van der Waals surface area contributed by atoms with Gasteiger partial charge in [0.1, 0.15) is 6.10 Å². The van der Waals surface area contributed by atoms with Gasteiger partial charge in [0.05, 0.1) is 6.10 Å². The number of ether oxygens (including phenoxy) is 1. The number of rotatable bonds is 4. The third kappa shape index (κ3) is 7.01. The maximum Gasteiger partial charge on any atom is 0.328 e. The van der Waals surface area contributed by atoms with Gasteiger partial charge in [-0.2, -0.15) is 0 Å². The molecule has 2 unspecified atom stereocenters.